The zero-order chi connectivity index (χ0) is 13.5. The Morgan fingerprint density at radius 3 is 2.84 bits per heavy atom. The Balaban J connectivity index is 1.72. The smallest absolute Gasteiger partial charge is 0.242 e. The SMILES string of the molecule is O=C(NCCCc1ncn[nH]1)C(Cl)c1ccccc1. The maximum absolute atomic E-state index is 11.8. The second-order valence-corrected chi connectivity index (χ2v) is 4.54. The molecule has 100 valence electrons. The molecule has 6 heteroatoms. The molecule has 0 aliphatic rings. The van der Waals surface area contributed by atoms with Crippen LogP contribution in [-0.4, -0.2) is 27.6 Å². The van der Waals surface area contributed by atoms with Crippen molar-refractivity contribution in [3.8, 4) is 0 Å². The maximum atomic E-state index is 11.8. The lowest BCUT2D eigenvalue weighted by Crippen LogP contribution is -2.28. The zero-order valence-electron chi connectivity index (χ0n) is 10.3. The number of benzene rings is 1. The summed E-state index contributed by atoms with van der Waals surface area (Å²) < 4.78 is 0. The van der Waals surface area contributed by atoms with E-state index in [1.54, 1.807) is 0 Å². The summed E-state index contributed by atoms with van der Waals surface area (Å²) in [7, 11) is 0. The van der Waals surface area contributed by atoms with Gasteiger partial charge >= 0.3 is 0 Å². The van der Waals surface area contributed by atoms with Gasteiger partial charge in [0.05, 0.1) is 0 Å². The first-order valence-electron chi connectivity index (χ1n) is 6.08. The summed E-state index contributed by atoms with van der Waals surface area (Å²) >= 11 is 6.09. The van der Waals surface area contributed by atoms with Gasteiger partial charge in [0.15, 0.2) is 0 Å². The van der Waals surface area contributed by atoms with Crippen LogP contribution in [0.5, 0.6) is 0 Å². The number of rotatable bonds is 6. The van der Waals surface area contributed by atoms with Crippen molar-refractivity contribution in [1.29, 1.82) is 0 Å². The van der Waals surface area contributed by atoms with Crippen LogP contribution in [0.25, 0.3) is 0 Å². The highest BCUT2D eigenvalue weighted by Gasteiger charge is 2.16. The van der Waals surface area contributed by atoms with Crippen LogP contribution in [0, 0.1) is 0 Å². The number of nitrogens with one attached hydrogen (secondary N) is 2. The number of aromatic amines is 1. The van der Waals surface area contributed by atoms with E-state index in [0.29, 0.717) is 6.54 Å². The van der Waals surface area contributed by atoms with Crippen molar-refractivity contribution < 1.29 is 4.79 Å². The van der Waals surface area contributed by atoms with Crippen molar-refractivity contribution in [1.82, 2.24) is 20.5 Å². The van der Waals surface area contributed by atoms with Gasteiger partial charge in [-0.2, -0.15) is 5.10 Å². The van der Waals surface area contributed by atoms with E-state index in [4.69, 9.17) is 11.6 Å². The molecule has 5 nitrogen and oxygen atoms in total. The third kappa shape index (κ3) is 4.06. The van der Waals surface area contributed by atoms with Crippen LogP contribution in [0.15, 0.2) is 36.7 Å². The summed E-state index contributed by atoms with van der Waals surface area (Å²) in [6.07, 6.45) is 3.01. The lowest BCUT2D eigenvalue weighted by Gasteiger charge is -2.10. The number of carbonyl (C=O) groups is 1. The van der Waals surface area contributed by atoms with Crippen LogP contribution in [0.1, 0.15) is 23.2 Å². The molecule has 0 saturated carbocycles. The molecule has 1 unspecified atom stereocenters. The van der Waals surface area contributed by atoms with Gasteiger partial charge in [-0.25, -0.2) is 4.98 Å². The Kier molecular flexibility index (Phi) is 4.92. The highest BCUT2D eigenvalue weighted by atomic mass is 35.5. The molecule has 1 heterocycles. The van der Waals surface area contributed by atoms with Gasteiger partial charge in [0, 0.05) is 13.0 Å². The Morgan fingerprint density at radius 1 is 1.37 bits per heavy atom. The molecule has 0 spiro atoms. The van der Waals surface area contributed by atoms with E-state index < -0.39 is 5.38 Å². The van der Waals surface area contributed by atoms with Gasteiger partial charge in [0.25, 0.3) is 0 Å². The van der Waals surface area contributed by atoms with Gasteiger partial charge in [0.2, 0.25) is 5.91 Å². The molecule has 1 atom stereocenters. The van der Waals surface area contributed by atoms with E-state index in [2.05, 4.69) is 20.5 Å². The quantitative estimate of drug-likeness (QED) is 0.626. The molecule has 0 aliphatic heterocycles. The van der Waals surface area contributed by atoms with Crippen molar-refractivity contribution in [3.05, 3.63) is 48.0 Å². The summed E-state index contributed by atoms with van der Waals surface area (Å²) in [5.41, 5.74) is 0.803. The molecule has 0 saturated heterocycles. The average Bonchev–Trinajstić information content (AvgIpc) is 2.96. The van der Waals surface area contributed by atoms with Gasteiger partial charge in [-0.05, 0) is 12.0 Å². The van der Waals surface area contributed by atoms with Crippen LogP contribution in [-0.2, 0) is 11.2 Å². The topological polar surface area (TPSA) is 70.7 Å². The molecule has 0 fully saturated rings. The summed E-state index contributed by atoms with van der Waals surface area (Å²) in [6.45, 7) is 0.565. The molecule has 1 amide bonds. The molecule has 0 aliphatic carbocycles. The number of halogens is 1. The zero-order valence-corrected chi connectivity index (χ0v) is 11.1. The standard InChI is InChI=1S/C13H15ClN4O/c14-12(10-5-2-1-3-6-10)13(19)15-8-4-7-11-16-9-17-18-11/h1-3,5-6,9,12H,4,7-8H2,(H,15,19)(H,16,17,18). The molecule has 2 rings (SSSR count). The van der Waals surface area contributed by atoms with Gasteiger partial charge in [-0.1, -0.05) is 30.3 Å². The maximum Gasteiger partial charge on any atom is 0.242 e. The predicted molar refractivity (Wildman–Crippen MR) is 72.7 cm³/mol. The molecule has 1 aromatic carbocycles. The van der Waals surface area contributed by atoms with E-state index >= 15 is 0 Å². The Bertz CT molecular complexity index is 501. The van der Waals surface area contributed by atoms with Crippen molar-refractivity contribution in [3.63, 3.8) is 0 Å². The predicted octanol–water partition coefficient (Wildman–Crippen LogP) is 1.83. The van der Waals surface area contributed by atoms with Gasteiger partial charge in [-0.15, -0.1) is 11.6 Å². The minimum Gasteiger partial charge on any atom is -0.355 e. The third-order valence-electron chi connectivity index (χ3n) is 2.68. The number of H-pyrrole nitrogens is 1. The first kappa shape index (κ1) is 13.5. The Labute approximate surface area is 116 Å². The number of amides is 1. The van der Waals surface area contributed by atoms with Crippen molar-refractivity contribution in [2.45, 2.75) is 18.2 Å². The number of hydrogen-bond acceptors (Lipinski definition) is 3. The molecule has 0 radical (unpaired) electrons. The Hall–Kier alpha value is -1.88. The third-order valence-corrected chi connectivity index (χ3v) is 3.13. The van der Waals surface area contributed by atoms with Crippen molar-refractivity contribution in [2.24, 2.45) is 0 Å². The number of aryl methyl sites for hydroxylation is 1. The number of aromatic nitrogens is 3. The summed E-state index contributed by atoms with van der Waals surface area (Å²) in [4.78, 5) is 15.8. The average molecular weight is 279 g/mol. The van der Waals surface area contributed by atoms with Crippen LogP contribution < -0.4 is 5.32 Å². The van der Waals surface area contributed by atoms with Crippen LogP contribution in [0.2, 0.25) is 0 Å². The Morgan fingerprint density at radius 2 is 2.16 bits per heavy atom. The van der Waals surface area contributed by atoms with E-state index in [9.17, 15) is 4.79 Å². The van der Waals surface area contributed by atoms with Gasteiger partial charge in [0.1, 0.15) is 17.5 Å². The number of nitrogens with zero attached hydrogens (tertiary/aromatic N) is 2. The number of hydrogen-bond donors (Lipinski definition) is 2. The van der Waals surface area contributed by atoms with Crippen molar-refractivity contribution >= 4 is 17.5 Å². The second kappa shape index (κ2) is 6.89. The molecular weight excluding hydrogens is 264 g/mol. The van der Waals surface area contributed by atoms with Crippen molar-refractivity contribution in [2.75, 3.05) is 6.54 Å². The highest BCUT2D eigenvalue weighted by molar-refractivity contribution is 6.30. The fourth-order valence-corrected chi connectivity index (χ4v) is 1.90. The molecule has 0 bridgehead atoms. The lowest BCUT2D eigenvalue weighted by atomic mass is 10.1. The fourth-order valence-electron chi connectivity index (χ4n) is 1.68. The van der Waals surface area contributed by atoms with Crippen LogP contribution in [0.3, 0.4) is 0 Å². The molecular formula is C13H15ClN4O. The summed E-state index contributed by atoms with van der Waals surface area (Å²) in [5.74, 6) is 0.644. The summed E-state index contributed by atoms with van der Waals surface area (Å²) in [5, 5.41) is 8.70. The minimum atomic E-state index is -0.647. The summed E-state index contributed by atoms with van der Waals surface area (Å²) in [6, 6.07) is 9.30. The number of alkyl halides is 1. The molecule has 2 N–H and O–H groups in total. The highest BCUT2D eigenvalue weighted by Crippen LogP contribution is 2.19. The second-order valence-electron chi connectivity index (χ2n) is 4.10. The van der Waals surface area contributed by atoms with E-state index in [1.165, 1.54) is 6.33 Å². The first-order valence-corrected chi connectivity index (χ1v) is 6.52. The van der Waals surface area contributed by atoms with E-state index in [1.807, 2.05) is 30.3 Å². The van der Waals surface area contributed by atoms with E-state index in [-0.39, 0.29) is 5.91 Å². The largest absolute Gasteiger partial charge is 0.355 e. The van der Waals surface area contributed by atoms with Crippen LogP contribution >= 0.6 is 11.6 Å². The minimum absolute atomic E-state index is 0.176. The molecule has 19 heavy (non-hydrogen) atoms. The molecule has 2 aromatic rings. The van der Waals surface area contributed by atoms with E-state index in [0.717, 1.165) is 24.2 Å². The number of carbonyl (C=O) groups excluding carboxylic acids is 1. The monoisotopic (exact) mass is 278 g/mol. The normalized spacial score (nSPS) is 12.1. The van der Waals surface area contributed by atoms with Gasteiger partial charge in [-0.3, -0.25) is 9.89 Å². The lowest BCUT2D eigenvalue weighted by molar-refractivity contribution is -0.120. The first-order chi connectivity index (χ1) is 9.27. The molecule has 1 aromatic heterocycles. The van der Waals surface area contributed by atoms with Crippen LogP contribution in [0.4, 0.5) is 0 Å². The fraction of sp³-hybridized carbons (Fsp3) is 0.308. The van der Waals surface area contributed by atoms with Gasteiger partial charge < -0.3 is 5.32 Å².